The summed E-state index contributed by atoms with van der Waals surface area (Å²) in [6.45, 7) is 1.83. The minimum Gasteiger partial charge on any atom is -0.465 e. The number of carbonyl (C=O) groups excluding carboxylic acids is 2. The molecule has 0 aliphatic heterocycles. The normalized spacial score (nSPS) is 10.1. The van der Waals surface area contributed by atoms with Crippen molar-refractivity contribution in [2.24, 2.45) is 0 Å². The number of nitrogens with zero attached hydrogens (tertiary/aromatic N) is 2. The number of methoxy groups -OCH3 is 1. The van der Waals surface area contributed by atoms with Crippen molar-refractivity contribution < 1.29 is 14.3 Å². The number of nitrogen functional groups attached to an aromatic ring is 1. The van der Waals surface area contributed by atoms with Gasteiger partial charge in [0.1, 0.15) is 0 Å². The Morgan fingerprint density at radius 1 is 1.40 bits per heavy atom. The number of H-pyrrole nitrogens is 1. The number of nitrogens with two attached hydrogens (primary N) is 1. The van der Waals surface area contributed by atoms with Crippen molar-refractivity contribution in [3.63, 3.8) is 0 Å². The summed E-state index contributed by atoms with van der Waals surface area (Å²) < 4.78 is 4.68. The van der Waals surface area contributed by atoms with Crippen molar-refractivity contribution in [3.8, 4) is 0 Å². The molecule has 104 valence electrons. The summed E-state index contributed by atoms with van der Waals surface area (Å²) in [7, 11) is 1.27. The molecule has 0 saturated carbocycles. The zero-order valence-electron chi connectivity index (χ0n) is 10.9. The lowest BCUT2D eigenvalue weighted by Gasteiger charge is -2.09. The van der Waals surface area contributed by atoms with Gasteiger partial charge < -0.3 is 15.8 Å². The third kappa shape index (κ3) is 2.74. The third-order valence-corrected chi connectivity index (χ3v) is 2.55. The van der Waals surface area contributed by atoms with E-state index in [0.29, 0.717) is 5.69 Å². The molecule has 0 fully saturated rings. The van der Waals surface area contributed by atoms with Gasteiger partial charge in [-0.05, 0) is 19.1 Å². The van der Waals surface area contributed by atoms with E-state index in [1.165, 1.54) is 7.11 Å². The molecular weight excluding hydrogens is 262 g/mol. The molecular formula is C12H13N5O3. The van der Waals surface area contributed by atoms with Crippen LogP contribution < -0.4 is 11.1 Å². The molecule has 1 amide bonds. The first-order chi connectivity index (χ1) is 9.51. The van der Waals surface area contributed by atoms with Crippen LogP contribution in [0.4, 0.5) is 11.6 Å². The number of nitrogens with one attached hydrogen (secondary N) is 2. The minimum atomic E-state index is -0.553. The summed E-state index contributed by atoms with van der Waals surface area (Å²) in [5, 5.41) is 8.50. The Labute approximate surface area is 114 Å². The van der Waals surface area contributed by atoms with Crippen LogP contribution in [0.1, 0.15) is 26.5 Å². The van der Waals surface area contributed by atoms with Gasteiger partial charge in [-0.2, -0.15) is 4.98 Å². The predicted molar refractivity (Wildman–Crippen MR) is 71.3 cm³/mol. The second-order valence-corrected chi connectivity index (χ2v) is 4.04. The fourth-order valence-corrected chi connectivity index (χ4v) is 1.60. The lowest BCUT2D eigenvalue weighted by molar-refractivity contribution is 0.0602. The Hall–Kier alpha value is -2.90. The van der Waals surface area contributed by atoms with Crippen LogP contribution in [0.2, 0.25) is 0 Å². The number of anilines is 2. The van der Waals surface area contributed by atoms with Crippen molar-refractivity contribution in [2.45, 2.75) is 6.92 Å². The van der Waals surface area contributed by atoms with E-state index in [1.807, 2.05) is 6.92 Å². The molecule has 0 aliphatic carbocycles. The highest BCUT2D eigenvalue weighted by Crippen LogP contribution is 2.19. The average molecular weight is 275 g/mol. The molecule has 2 rings (SSSR count). The molecule has 2 aromatic rings. The van der Waals surface area contributed by atoms with E-state index >= 15 is 0 Å². The summed E-state index contributed by atoms with van der Waals surface area (Å²) >= 11 is 0. The fourth-order valence-electron chi connectivity index (χ4n) is 1.60. The van der Waals surface area contributed by atoms with Crippen molar-refractivity contribution >= 4 is 23.5 Å². The van der Waals surface area contributed by atoms with Crippen molar-refractivity contribution in [2.75, 3.05) is 18.2 Å². The van der Waals surface area contributed by atoms with Crippen molar-refractivity contribution in [1.29, 1.82) is 0 Å². The van der Waals surface area contributed by atoms with E-state index in [9.17, 15) is 9.59 Å². The number of amides is 1. The van der Waals surface area contributed by atoms with Crippen molar-refractivity contribution in [1.82, 2.24) is 15.2 Å². The number of aromatic nitrogens is 3. The van der Waals surface area contributed by atoms with Gasteiger partial charge in [-0.1, -0.05) is 11.6 Å². The standard InChI is InChI=1S/C12H13N5O3/c1-6-3-4-8(7(5-6)11(19)20-2)14-10(18)9-15-12(13)17-16-9/h3-5H,1-2H3,(H,14,18)(H3,13,15,16,17). The molecule has 0 radical (unpaired) electrons. The molecule has 1 heterocycles. The first-order valence-electron chi connectivity index (χ1n) is 5.69. The Morgan fingerprint density at radius 3 is 2.75 bits per heavy atom. The van der Waals surface area contributed by atoms with E-state index in [-0.39, 0.29) is 17.3 Å². The molecule has 1 aromatic carbocycles. The number of esters is 1. The second kappa shape index (κ2) is 5.39. The molecule has 1 aromatic heterocycles. The molecule has 4 N–H and O–H groups in total. The number of rotatable bonds is 3. The molecule has 0 saturated heterocycles. The quantitative estimate of drug-likeness (QED) is 0.710. The van der Waals surface area contributed by atoms with Gasteiger partial charge in [0.2, 0.25) is 11.8 Å². The largest absolute Gasteiger partial charge is 0.465 e. The van der Waals surface area contributed by atoms with Gasteiger partial charge in [0.25, 0.3) is 5.91 Å². The number of ether oxygens (including phenoxy) is 1. The lowest BCUT2D eigenvalue weighted by atomic mass is 10.1. The summed E-state index contributed by atoms with van der Waals surface area (Å²) in [4.78, 5) is 27.3. The van der Waals surface area contributed by atoms with Gasteiger partial charge in [0.05, 0.1) is 18.4 Å². The summed E-state index contributed by atoms with van der Waals surface area (Å²) in [6.07, 6.45) is 0. The number of carbonyl (C=O) groups is 2. The van der Waals surface area contributed by atoms with Crippen LogP contribution in [0, 0.1) is 6.92 Å². The molecule has 0 spiro atoms. The maximum absolute atomic E-state index is 11.9. The van der Waals surface area contributed by atoms with Crippen LogP contribution in [0.3, 0.4) is 0 Å². The number of aromatic amines is 1. The van der Waals surface area contributed by atoms with Crippen LogP contribution in [0.15, 0.2) is 18.2 Å². The van der Waals surface area contributed by atoms with Crippen LogP contribution in [0.5, 0.6) is 0 Å². The Bertz CT molecular complexity index is 665. The van der Waals surface area contributed by atoms with Gasteiger partial charge in [-0.3, -0.25) is 9.89 Å². The predicted octanol–water partition coefficient (Wildman–Crippen LogP) is 0.734. The van der Waals surface area contributed by atoms with E-state index in [0.717, 1.165) is 5.56 Å². The summed E-state index contributed by atoms with van der Waals surface area (Å²) in [5.41, 5.74) is 6.77. The topological polar surface area (TPSA) is 123 Å². The van der Waals surface area contributed by atoms with Gasteiger partial charge in [0, 0.05) is 0 Å². The Morgan fingerprint density at radius 2 is 2.15 bits per heavy atom. The maximum Gasteiger partial charge on any atom is 0.339 e. The second-order valence-electron chi connectivity index (χ2n) is 4.04. The van der Waals surface area contributed by atoms with Crippen LogP contribution in [-0.4, -0.2) is 34.2 Å². The van der Waals surface area contributed by atoms with Gasteiger partial charge >= 0.3 is 5.97 Å². The maximum atomic E-state index is 11.9. The fraction of sp³-hybridized carbons (Fsp3) is 0.167. The first-order valence-corrected chi connectivity index (χ1v) is 5.69. The molecule has 0 unspecified atom stereocenters. The zero-order chi connectivity index (χ0) is 14.7. The Balaban J connectivity index is 2.29. The smallest absolute Gasteiger partial charge is 0.339 e. The average Bonchev–Trinajstić information content (AvgIpc) is 2.86. The van der Waals surface area contributed by atoms with E-state index in [2.05, 4.69) is 25.2 Å². The van der Waals surface area contributed by atoms with Crippen LogP contribution in [-0.2, 0) is 4.74 Å². The van der Waals surface area contributed by atoms with Crippen molar-refractivity contribution in [3.05, 3.63) is 35.2 Å². The highest BCUT2D eigenvalue weighted by Gasteiger charge is 2.17. The Kier molecular flexibility index (Phi) is 3.65. The van der Waals surface area contributed by atoms with Gasteiger partial charge in [-0.15, -0.1) is 5.10 Å². The molecule has 20 heavy (non-hydrogen) atoms. The third-order valence-electron chi connectivity index (χ3n) is 2.55. The molecule has 0 bridgehead atoms. The number of aryl methyl sites for hydroxylation is 1. The van der Waals surface area contributed by atoms with Gasteiger partial charge in [0.15, 0.2) is 0 Å². The number of benzene rings is 1. The lowest BCUT2D eigenvalue weighted by Crippen LogP contribution is -2.17. The molecule has 8 nitrogen and oxygen atoms in total. The SMILES string of the molecule is COC(=O)c1cc(C)ccc1NC(=O)c1nc(N)n[nH]1. The number of hydrogen-bond acceptors (Lipinski definition) is 6. The van der Waals surface area contributed by atoms with E-state index in [1.54, 1.807) is 18.2 Å². The first kappa shape index (κ1) is 13.5. The monoisotopic (exact) mass is 275 g/mol. The molecule has 8 heteroatoms. The van der Waals surface area contributed by atoms with Crippen LogP contribution >= 0.6 is 0 Å². The number of hydrogen-bond donors (Lipinski definition) is 3. The van der Waals surface area contributed by atoms with E-state index in [4.69, 9.17) is 5.73 Å². The highest BCUT2D eigenvalue weighted by molar-refractivity contribution is 6.06. The van der Waals surface area contributed by atoms with E-state index < -0.39 is 11.9 Å². The highest BCUT2D eigenvalue weighted by atomic mass is 16.5. The zero-order valence-corrected chi connectivity index (χ0v) is 10.9. The van der Waals surface area contributed by atoms with Crippen LogP contribution in [0.25, 0.3) is 0 Å². The minimum absolute atomic E-state index is 0.0350. The summed E-state index contributed by atoms with van der Waals surface area (Å²) in [6, 6.07) is 4.99. The van der Waals surface area contributed by atoms with Gasteiger partial charge in [-0.25, -0.2) is 4.79 Å². The summed E-state index contributed by atoms with van der Waals surface area (Å²) in [5.74, 6) is -1.17. The molecule has 0 aliphatic rings. The molecule has 0 atom stereocenters.